The first kappa shape index (κ1) is 14.4. The van der Waals surface area contributed by atoms with Crippen molar-refractivity contribution < 1.29 is 5.11 Å². The first-order chi connectivity index (χ1) is 9.38. The monoisotopic (exact) mass is 263 g/mol. The SMILES string of the molecule is OCCCCCN1CCN(Cc2cccnc2)CC1. The van der Waals surface area contributed by atoms with E-state index in [4.69, 9.17) is 5.11 Å². The maximum absolute atomic E-state index is 8.75. The first-order valence-electron chi connectivity index (χ1n) is 7.33. The number of pyridine rings is 1. The molecule has 1 saturated heterocycles. The van der Waals surface area contributed by atoms with Gasteiger partial charge in [-0.05, 0) is 37.4 Å². The van der Waals surface area contributed by atoms with Crippen molar-refractivity contribution in [3.63, 3.8) is 0 Å². The van der Waals surface area contributed by atoms with Gasteiger partial charge in [0.25, 0.3) is 0 Å². The van der Waals surface area contributed by atoms with E-state index in [0.29, 0.717) is 6.61 Å². The molecule has 19 heavy (non-hydrogen) atoms. The third-order valence-corrected chi connectivity index (χ3v) is 3.73. The second-order valence-corrected chi connectivity index (χ2v) is 5.26. The lowest BCUT2D eigenvalue weighted by molar-refractivity contribution is 0.125. The molecule has 0 amide bonds. The highest BCUT2D eigenvalue weighted by Crippen LogP contribution is 2.08. The highest BCUT2D eigenvalue weighted by Gasteiger charge is 2.16. The number of nitrogens with zero attached hydrogens (tertiary/aromatic N) is 3. The molecule has 0 bridgehead atoms. The molecule has 1 N–H and O–H groups in total. The average Bonchev–Trinajstić information content (AvgIpc) is 2.46. The molecule has 1 aromatic rings. The summed E-state index contributed by atoms with van der Waals surface area (Å²) in [6.45, 7) is 7.16. The summed E-state index contributed by atoms with van der Waals surface area (Å²) in [5, 5.41) is 8.75. The molecule has 0 aromatic carbocycles. The largest absolute Gasteiger partial charge is 0.396 e. The molecule has 0 radical (unpaired) electrons. The lowest BCUT2D eigenvalue weighted by Gasteiger charge is -2.34. The highest BCUT2D eigenvalue weighted by molar-refractivity contribution is 5.08. The van der Waals surface area contributed by atoms with Crippen molar-refractivity contribution in [3.05, 3.63) is 30.1 Å². The van der Waals surface area contributed by atoms with Gasteiger partial charge in [-0.3, -0.25) is 9.88 Å². The van der Waals surface area contributed by atoms with Crippen LogP contribution in [0.15, 0.2) is 24.5 Å². The van der Waals surface area contributed by atoms with E-state index in [0.717, 1.165) is 32.5 Å². The number of aromatic nitrogens is 1. The molecule has 0 aliphatic carbocycles. The molecule has 0 atom stereocenters. The predicted octanol–water partition coefficient (Wildman–Crippen LogP) is 1.36. The van der Waals surface area contributed by atoms with Crippen molar-refractivity contribution in [3.8, 4) is 0 Å². The fourth-order valence-corrected chi connectivity index (χ4v) is 2.54. The molecule has 106 valence electrons. The van der Waals surface area contributed by atoms with E-state index < -0.39 is 0 Å². The van der Waals surface area contributed by atoms with Crippen LogP contribution < -0.4 is 0 Å². The van der Waals surface area contributed by atoms with Gasteiger partial charge in [-0.2, -0.15) is 0 Å². The Bertz CT molecular complexity index is 337. The van der Waals surface area contributed by atoms with Gasteiger partial charge in [0.15, 0.2) is 0 Å². The lowest BCUT2D eigenvalue weighted by Crippen LogP contribution is -2.46. The molecule has 0 spiro atoms. The van der Waals surface area contributed by atoms with Crippen LogP contribution in [0.2, 0.25) is 0 Å². The Balaban J connectivity index is 1.62. The minimum absolute atomic E-state index is 0.332. The number of unbranched alkanes of at least 4 members (excludes halogenated alkanes) is 2. The van der Waals surface area contributed by atoms with Crippen LogP contribution in [0.5, 0.6) is 0 Å². The quantitative estimate of drug-likeness (QED) is 0.754. The standard InChI is InChI=1S/C15H25N3O/c19-12-3-1-2-7-17-8-10-18(11-9-17)14-15-5-4-6-16-13-15/h4-6,13,19H,1-3,7-12,14H2. The molecule has 4 heteroatoms. The minimum Gasteiger partial charge on any atom is -0.396 e. The van der Waals surface area contributed by atoms with Crippen molar-refractivity contribution in [1.82, 2.24) is 14.8 Å². The summed E-state index contributed by atoms with van der Waals surface area (Å²) in [5.74, 6) is 0. The zero-order chi connectivity index (χ0) is 13.3. The maximum Gasteiger partial charge on any atom is 0.0431 e. The summed E-state index contributed by atoms with van der Waals surface area (Å²) in [4.78, 5) is 9.21. The molecule has 0 unspecified atom stereocenters. The fourth-order valence-electron chi connectivity index (χ4n) is 2.54. The van der Waals surface area contributed by atoms with E-state index in [1.165, 1.54) is 31.6 Å². The van der Waals surface area contributed by atoms with E-state index in [1.807, 2.05) is 18.5 Å². The van der Waals surface area contributed by atoms with Gasteiger partial charge in [0.2, 0.25) is 0 Å². The van der Waals surface area contributed by atoms with Gasteiger partial charge in [0.05, 0.1) is 0 Å². The summed E-state index contributed by atoms with van der Waals surface area (Å²) in [7, 11) is 0. The van der Waals surface area contributed by atoms with Gasteiger partial charge in [-0.25, -0.2) is 0 Å². The zero-order valence-electron chi connectivity index (χ0n) is 11.7. The molecular formula is C15H25N3O. The number of rotatable bonds is 7. The number of aliphatic hydroxyl groups excluding tert-OH is 1. The number of hydrogen-bond donors (Lipinski definition) is 1. The topological polar surface area (TPSA) is 39.6 Å². The molecule has 1 fully saturated rings. The first-order valence-corrected chi connectivity index (χ1v) is 7.33. The normalized spacial score (nSPS) is 17.7. The second kappa shape index (κ2) is 8.25. The van der Waals surface area contributed by atoms with Crippen molar-refractivity contribution in [2.75, 3.05) is 39.3 Å². The number of piperazine rings is 1. The lowest BCUT2D eigenvalue weighted by atomic mass is 10.2. The molecule has 0 saturated carbocycles. The maximum atomic E-state index is 8.75. The molecule has 1 aromatic heterocycles. The van der Waals surface area contributed by atoms with E-state index >= 15 is 0 Å². The van der Waals surface area contributed by atoms with Crippen LogP contribution in [0, 0.1) is 0 Å². The Morgan fingerprint density at radius 2 is 1.84 bits per heavy atom. The van der Waals surface area contributed by atoms with E-state index in [-0.39, 0.29) is 0 Å². The minimum atomic E-state index is 0.332. The summed E-state index contributed by atoms with van der Waals surface area (Å²) in [6.07, 6.45) is 7.09. The van der Waals surface area contributed by atoms with Crippen LogP contribution in [-0.4, -0.2) is 59.2 Å². The Morgan fingerprint density at radius 3 is 2.53 bits per heavy atom. The van der Waals surface area contributed by atoms with Crippen molar-refractivity contribution in [2.45, 2.75) is 25.8 Å². The predicted molar refractivity (Wildman–Crippen MR) is 76.9 cm³/mol. The van der Waals surface area contributed by atoms with Gasteiger partial charge in [0.1, 0.15) is 0 Å². The van der Waals surface area contributed by atoms with Gasteiger partial charge in [0, 0.05) is 51.7 Å². The molecule has 2 heterocycles. The van der Waals surface area contributed by atoms with Crippen LogP contribution in [-0.2, 0) is 6.54 Å². The Kier molecular flexibility index (Phi) is 6.27. The third kappa shape index (κ3) is 5.27. The summed E-state index contributed by atoms with van der Waals surface area (Å²) >= 11 is 0. The molecule has 1 aliphatic heterocycles. The molecule has 4 nitrogen and oxygen atoms in total. The highest BCUT2D eigenvalue weighted by atomic mass is 16.2. The van der Waals surface area contributed by atoms with Crippen LogP contribution in [0.3, 0.4) is 0 Å². The van der Waals surface area contributed by atoms with Gasteiger partial charge in [-0.15, -0.1) is 0 Å². The van der Waals surface area contributed by atoms with Crippen molar-refractivity contribution in [2.24, 2.45) is 0 Å². The van der Waals surface area contributed by atoms with E-state index in [2.05, 4.69) is 20.9 Å². The summed E-state index contributed by atoms with van der Waals surface area (Å²) in [6, 6.07) is 4.15. The van der Waals surface area contributed by atoms with Crippen LogP contribution >= 0.6 is 0 Å². The number of hydrogen-bond acceptors (Lipinski definition) is 4. The second-order valence-electron chi connectivity index (χ2n) is 5.26. The molecule has 2 rings (SSSR count). The van der Waals surface area contributed by atoms with Gasteiger partial charge < -0.3 is 10.0 Å². The van der Waals surface area contributed by atoms with Gasteiger partial charge >= 0.3 is 0 Å². The summed E-state index contributed by atoms with van der Waals surface area (Å²) < 4.78 is 0. The van der Waals surface area contributed by atoms with Crippen LogP contribution in [0.4, 0.5) is 0 Å². The Labute approximate surface area is 116 Å². The molecular weight excluding hydrogens is 238 g/mol. The van der Waals surface area contributed by atoms with Crippen molar-refractivity contribution >= 4 is 0 Å². The smallest absolute Gasteiger partial charge is 0.0431 e. The zero-order valence-corrected chi connectivity index (χ0v) is 11.7. The average molecular weight is 263 g/mol. The number of aliphatic hydroxyl groups is 1. The van der Waals surface area contributed by atoms with Crippen LogP contribution in [0.25, 0.3) is 0 Å². The third-order valence-electron chi connectivity index (χ3n) is 3.73. The van der Waals surface area contributed by atoms with Crippen LogP contribution in [0.1, 0.15) is 24.8 Å². The fraction of sp³-hybridized carbons (Fsp3) is 0.667. The van der Waals surface area contributed by atoms with E-state index in [1.54, 1.807) is 0 Å². The molecule has 1 aliphatic rings. The Morgan fingerprint density at radius 1 is 1.05 bits per heavy atom. The van der Waals surface area contributed by atoms with Crippen molar-refractivity contribution in [1.29, 1.82) is 0 Å². The Hall–Kier alpha value is -0.970. The summed E-state index contributed by atoms with van der Waals surface area (Å²) in [5.41, 5.74) is 1.30. The van der Waals surface area contributed by atoms with Gasteiger partial charge in [-0.1, -0.05) is 6.07 Å². The van der Waals surface area contributed by atoms with E-state index in [9.17, 15) is 0 Å².